The van der Waals surface area contributed by atoms with E-state index < -0.39 is 0 Å². The number of benzene rings is 1. The van der Waals surface area contributed by atoms with E-state index in [1.165, 1.54) is 19.3 Å². The van der Waals surface area contributed by atoms with Crippen LogP contribution in [0.1, 0.15) is 37.7 Å². The van der Waals surface area contributed by atoms with Gasteiger partial charge in [0.1, 0.15) is 0 Å². The number of carbonyl (C=O) groups is 1. The smallest absolute Gasteiger partial charge is 0.224 e. The summed E-state index contributed by atoms with van der Waals surface area (Å²) in [6.45, 7) is 0. The van der Waals surface area contributed by atoms with Gasteiger partial charge in [-0.2, -0.15) is 5.10 Å². The van der Waals surface area contributed by atoms with Gasteiger partial charge in [0.25, 0.3) is 0 Å². The predicted octanol–water partition coefficient (Wildman–Crippen LogP) is 2.44. The van der Waals surface area contributed by atoms with Crippen molar-refractivity contribution in [2.24, 2.45) is 17.6 Å². The van der Waals surface area contributed by atoms with E-state index in [4.69, 9.17) is 5.73 Å². The maximum Gasteiger partial charge on any atom is 0.224 e. The first-order valence-electron chi connectivity index (χ1n) is 9.33. The molecule has 1 aromatic carbocycles. The number of rotatable bonds is 4. The van der Waals surface area contributed by atoms with Gasteiger partial charge in [-0.25, -0.2) is 4.68 Å². The molecule has 5 heteroatoms. The van der Waals surface area contributed by atoms with Crippen molar-refractivity contribution in [1.29, 1.82) is 0 Å². The summed E-state index contributed by atoms with van der Waals surface area (Å²) in [5, 5.41) is 7.68. The molecule has 3 N–H and O–H groups in total. The highest BCUT2D eigenvalue weighted by Gasteiger charge is 2.39. The van der Waals surface area contributed by atoms with E-state index in [1.54, 1.807) is 6.20 Å². The van der Waals surface area contributed by atoms with Gasteiger partial charge in [0, 0.05) is 18.3 Å². The van der Waals surface area contributed by atoms with Crippen LogP contribution in [0.25, 0.3) is 5.69 Å². The second-order valence-corrected chi connectivity index (χ2v) is 7.58. The maximum absolute atomic E-state index is 12.6. The van der Waals surface area contributed by atoms with Gasteiger partial charge in [-0.05, 0) is 55.2 Å². The molecular formula is C20H26N4O. The van der Waals surface area contributed by atoms with E-state index >= 15 is 0 Å². The zero-order valence-corrected chi connectivity index (χ0v) is 14.5. The first-order chi connectivity index (χ1) is 12.2. The number of hydrogen-bond donors (Lipinski definition) is 2. The van der Waals surface area contributed by atoms with E-state index in [2.05, 4.69) is 10.4 Å². The Hall–Kier alpha value is -2.14. The van der Waals surface area contributed by atoms with Crippen LogP contribution >= 0.6 is 0 Å². The second kappa shape index (κ2) is 7.00. The number of nitrogens with one attached hydrogen (secondary N) is 1. The lowest BCUT2D eigenvalue weighted by Crippen LogP contribution is -2.54. The van der Waals surface area contributed by atoms with Crippen molar-refractivity contribution in [2.45, 2.75) is 50.6 Å². The van der Waals surface area contributed by atoms with Crippen molar-refractivity contribution in [3.05, 3.63) is 48.3 Å². The molecule has 1 heterocycles. The summed E-state index contributed by atoms with van der Waals surface area (Å²) in [6, 6.07) is 10.6. The minimum absolute atomic E-state index is 0.102. The predicted molar refractivity (Wildman–Crippen MR) is 97.2 cm³/mol. The molecule has 2 aliphatic carbocycles. The lowest BCUT2D eigenvalue weighted by atomic mass is 9.67. The highest BCUT2D eigenvalue weighted by atomic mass is 16.1. The van der Waals surface area contributed by atoms with Crippen LogP contribution in [0.2, 0.25) is 0 Å². The number of carbonyl (C=O) groups excluding carboxylic acids is 1. The molecule has 4 rings (SSSR count). The van der Waals surface area contributed by atoms with Crippen molar-refractivity contribution in [3.8, 4) is 5.69 Å². The molecule has 132 valence electrons. The molecule has 5 nitrogen and oxygen atoms in total. The molecule has 0 spiro atoms. The molecule has 2 fully saturated rings. The van der Waals surface area contributed by atoms with Gasteiger partial charge >= 0.3 is 0 Å². The Bertz CT molecular complexity index is 712. The molecular weight excluding hydrogens is 312 g/mol. The number of para-hydroxylation sites is 1. The van der Waals surface area contributed by atoms with Crippen LogP contribution in [-0.4, -0.2) is 27.8 Å². The van der Waals surface area contributed by atoms with Crippen molar-refractivity contribution >= 4 is 5.91 Å². The Morgan fingerprint density at radius 3 is 2.64 bits per heavy atom. The summed E-state index contributed by atoms with van der Waals surface area (Å²) in [5.74, 6) is 1.21. The quantitative estimate of drug-likeness (QED) is 0.899. The monoisotopic (exact) mass is 338 g/mol. The number of aromatic nitrogens is 2. The van der Waals surface area contributed by atoms with Crippen LogP contribution in [-0.2, 0) is 11.2 Å². The fourth-order valence-corrected chi connectivity index (χ4v) is 4.62. The Kier molecular flexibility index (Phi) is 4.57. The second-order valence-electron chi connectivity index (χ2n) is 7.58. The summed E-state index contributed by atoms with van der Waals surface area (Å²) in [7, 11) is 0. The van der Waals surface area contributed by atoms with Crippen molar-refractivity contribution in [1.82, 2.24) is 15.1 Å². The number of amides is 1. The molecule has 1 aromatic heterocycles. The minimum Gasteiger partial charge on any atom is -0.353 e. The zero-order chi connectivity index (χ0) is 17.2. The summed E-state index contributed by atoms with van der Waals surface area (Å²) >= 11 is 0. The van der Waals surface area contributed by atoms with Gasteiger partial charge in [0.05, 0.1) is 18.3 Å². The third-order valence-corrected chi connectivity index (χ3v) is 5.73. The Labute approximate surface area is 148 Å². The molecule has 0 aliphatic heterocycles. The van der Waals surface area contributed by atoms with Gasteiger partial charge in [0.15, 0.2) is 0 Å². The highest BCUT2D eigenvalue weighted by Crippen LogP contribution is 2.39. The van der Waals surface area contributed by atoms with E-state index in [0.29, 0.717) is 30.3 Å². The van der Waals surface area contributed by atoms with Gasteiger partial charge in [0.2, 0.25) is 5.91 Å². The molecule has 2 aliphatic rings. The first kappa shape index (κ1) is 16.3. The van der Waals surface area contributed by atoms with Gasteiger partial charge in [-0.1, -0.05) is 24.6 Å². The Morgan fingerprint density at radius 2 is 1.92 bits per heavy atom. The topological polar surface area (TPSA) is 72.9 Å². The van der Waals surface area contributed by atoms with Crippen molar-refractivity contribution in [2.75, 3.05) is 0 Å². The SMILES string of the molecule is NC1CC2CCCC(C1)C2NC(=O)Cc1cnn(-c2ccccc2)c1. The molecule has 1 amide bonds. The fourth-order valence-electron chi connectivity index (χ4n) is 4.62. The summed E-state index contributed by atoms with van der Waals surface area (Å²) in [6.07, 6.45) is 9.87. The molecule has 2 atom stereocenters. The van der Waals surface area contributed by atoms with E-state index in [0.717, 1.165) is 24.1 Å². The summed E-state index contributed by atoms with van der Waals surface area (Å²) in [4.78, 5) is 12.6. The lowest BCUT2D eigenvalue weighted by Gasteiger charge is -2.45. The fraction of sp³-hybridized carbons (Fsp3) is 0.500. The number of hydrogen-bond acceptors (Lipinski definition) is 3. The van der Waals surface area contributed by atoms with Crippen molar-refractivity contribution in [3.63, 3.8) is 0 Å². The van der Waals surface area contributed by atoms with Gasteiger partial charge in [-0.3, -0.25) is 4.79 Å². The van der Waals surface area contributed by atoms with E-state index in [9.17, 15) is 4.79 Å². The molecule has 2 unspecified atom stereocenters. The average molecular weight is 338 g/mol. The largest absolute Gasteiger partial charge is 0.353 e. The van der Waals surface area contributed by atoms with Crippen LogP contribution in [0.15, 0.2) is 42.7 Å². The van der Waals surface area contributed by atoms with E-state index in [1.807, 2.05) is 41.2 Å². The van der Waals surface area contributed by atoms with E-state index in [-0.39, 0.29) is 5.91 Å². The van der Waals surface area contributed by atoms with Crippen LogP contribution < -0.4 is 11.1 Å². The first-order valence-corrected chi connectivity index (χ1v) is 9.33. The molecule has 2 bridgehead atoms. The number of nitrogens with two attached hydrogens (primary N) is 1. The lowest BCUT2D eigenvalue weighted by molar-refractivity contribution is -0.122. The maximum atomic E-state index is 12.6. The van der Waals surface area contributed by atoms with Crippen LogP contribution in [0, 0.1) is 11.8 Å². The highest BCUT2D eigenvalue weighted by molar-refractivity contribution is 5.78. The molecule has 2 aromatic rings. The van der Waals surface area contributed by atoms with Gasteiger partial charge < -0.3 is 11.1 Å². The minimum atomic E-state index is 0.102. The normalized spacial score (nSPS) is 28.5. The molecule has 0 radical (unpaired) electrons. The Morgan fingerprint density at radius 1 is 1.20 bits per heavy atom. The average Bonchev–Trinajstić information content (AvgIpc) is 3.05. The van der Waals surface area contributed by atoms with Gasteiger partial charge in [-0.15, -0.1) is 0 Å². The van der Waals surface area contributed by atoms with Crippen molar-refractivity contribution < 1.29 is 4.79 Å². The Balaban J connectivity index is 1.39. The number of fused-ring (bicyclic) bond motifs is 2. The molecule has 25 heavy (non-hydrogen) atoms. The van der Waals surface area contributed by atoms with Crippen LogP contribution in [0.3, 0.4) is 0 Å². The third kappa shape index (κ3) is 3.61. The molecule has 2 saturated carbocycles. The number of nitrogens with zero attached hydrogens (tertiary/aromatic N) is 2. The molecule has 0 saturated heterocycles. The van der Waals surface area contributed by atoms with Crippen LogP contribution in [0.4, 0.5) is 0 Å². The summed E-state index contributed by atoms with van der Waals surface area (Å²) < 4.78 is 1.82. The van der Waals surface area contributed by atoms with Crippen LogP contribution in [0.5, 0.6) is 0 Å². The third-order valence-electron chi connectivity index (χ3n) is 5.73. The standard InChI is InChI=1S/C20H26N4O/c21-17-10-15-5-4-6-16(11-17)20(15)23-19(25)9-14-12-22-24(13-14)18-7-2-1-3-8-18/h1-3,7-8,12-13,15-17,20H,4-6,9-11,21H2,(H,23,25). The zero-order valence-electron chi connectivity index (χ0n) is 14.5. The summed E-state index contributed by atoms with van der Waals surface area (Å²) in [5.41, 5.74) is 8.12.